The Bertz CT molecular complexity index is 3050. The van der Waals surface area contributed by atoms with Gasteiger partial charge in [-0.2, -0.15) is 27.0 Å². The standard InChI is InChI=1S/C24H38N4O12S.C19H32N4O8S.C11H11NO7/c1-6-36-21(31)24(4,5)14-37-41(34,35)40-28-18-7-8-19(27(13-18)22(28)32)20(30)25-17-9-11-26(12-10-17)23(33)39-16(3)38-15(2)29;1-4-29-17(25)19(2,3)12-30-32(27,28)31-23-14-5-6-15(22(11-14)18(23)26)16(24)21-13-7-9-20-10-8-13;1-7(13)17-8(2)18-11(14)19-10-5-3-9(4-6-10)12(15)16/h16-19H,6-14H2,1-5H3,(H,25,30);13-15,20H,4-12H2,1-3H3,(H,21,24);3-6,8H,1-2H3/t16?,18-,19+;14-,15+;/m11./s1. The van der Waals surface area contributed by atoms with Gasteiger partial charge in [0.15, 0.2) is 0 Å². The average Bonchev–Trinajstić information content (AvgIpc) is 1.63. The molecule has 36 nitrogen and oxygen atoms in total. The Morgan fingerprint density at radius 1 is 0.630 bits per heavy atom. The number of urea groups is 2. The summed E-state index contributed by atoms with van der Waals surface area (Å²) in [5.41, 5.74) is -2.63. The van der Waals surface area contributed by atoms with Gasteiger partial charge in [-0.15, -0.1) is 8.57 Å². The third-order valence-electron chi connectivity index (χ3n) is 14.6. The van der Waals surface area contributed by atoms with Crippen LogP contribution in [0.4, 0.5) is 24.9 Å². The maximum absolute atomic E-state index is 13.1. The molecule has 92 heavy (non-hydrogen) atoms. The Morgan fingerprint density at radius 3 is 1.45 bits per heavy atom. The molecule has 0 aliphatic carbocycles. The van der Waals surface area contributed by atoms with Gasteiger partial charge in [0.25, 0.3) is 5.69 Å². The van der Waals surface area contributed by atoms with E-state index in [0.29, 0.717) is 50.3 Å². The summed E-state index contributed by atoms with van der Waals surface area (Å²) < 4.78 is 103. The monoisotopic (exact) mass is 1350 g/mol. The summed E-state index contributed by atoms with van der Waals surface area (Å²) in [5, 5.41) is 21.0. The molecule has 6 aliphatic rings. The summed E-state index contributed by atoms with van der Waals surface area (Å²) in [7, 11) is -9.32. The van der Waals surface area contributed by atoms with Crippen molar-refractivity contribution in [2.75, 3.05) is 65.7 Å². The average molecular weight is 1350 g/mol. The summed E-state index contributed by atoms with van der Waals surface area (Å²) in [6, 6.07) is 0.550. The van der Waals surface area contributed by atoms with Gasteiger partial charge in [-0.3, -0.25) is 38.9 Å². The fraction of sp³-hybridized carbons (Fsp3) is 0.704. The number of hydroxylamine groups is 4. The first-order chi connectivity index (χ1) is 43.0. The molecular formula is C54H81N9O27S2. The Morgan fingerprint density at radius 2 is 1.04 bits per heavy atom. The van der Waals surface area contributed by atoms with Crippen LogP contribution in [0.1, 0.15) is 121 Å². The van der Waals surface area contributed by atoms with E-state index in [4.69, 9.17) is 40.6 Å². The fourth-order valence-corrected chi connectivity index (χ4v) is 11.6. The Kier molecular flexibility index (Phi) is 27.0. The minimum Gasteiger partial charge on any atom is -0.466 e. The van der Waals surface area contributed by atoms with Crippen molar-refractivity contribution >= 4 is 86.5 Å². The van der Waals surface area contributed by atoms with Crippen LogP contribution >= 0.6 is 0 Å². The maximum Gasteiger partial charge on any atom is 0.516 e. The van der Waals surface area contributed by atoms with Crippen LogP contribution < -0.4 is 20.7 Å². The minimum atomic E-state index is -4.70. The number of amides is 7. The number of nitrogens with one attached hydrogen (secondary N) is 3. The van der Waals surface area contributed by atoms with Gasteiger partial charge in [-0.05, 0) is 118 Å². The molecule has 6 aliphatic heterocycles. The van der Waals surface area contributed by atoms with Crippen LogP contribution in [0.5, 0.6) is 5.75 Å². The van der Waals surface area contributed by atoms with Crippen LogP contribution in [0.3, 0.4) is 0 Å². The smallest absolute Gasteiger partial charge is 0.466 e. The molecule has 1 aromatic carbocycles. The molecule has 2 unspecified atom stereocenters. The van der Waals surface area contributed by atoms with Crippen LogP contribution in [0.2, 0.25) is 0 Å². The second kappa shape index (κ2) is 33.2. The van der Waals surface area contributed by atoms with E-state index in [1.54, 1.807) is 13.8 Å². The number of piperidine rings is 4. The van der Waals surface area contributed by atoms with E-state index in [1.807, 2.05) is 0 Å². The lowest BCUT2D eigenvalue weighted by atomic mass is 9.95. The molecule has 4 bridgehead atoms. The Hall–Kier alpha value is -7.78. The van der Waals surface area contributed by atoms with E-state index < -0.39 is 141 Å². The van der Waals surface area contributed by atoms with Crippen LogP contribution in [0.25, 0.3) is 0 Å². The van der Waals surface area contributed by atoms with Crippen LogP contribution in [-0.4, -0.2) is 221 Å². The molecule has 516 valence electrons. The molecule has 6 saturated heterocycles. The molecule has 6 atom stereocenters. The number of likely N-dealkylation sites (tertiary alicyclic amines) is 1. The Balaban J connectivity index is 0.000000267. The van der Waals surface area contributed by atoms with Gasteiger partial charge in [0, 0.05) is 78.1 Å². The summed E-state index contributed by atoms with van der Waals surface area (Å²) >= 11 is 0. The summed E-state index contributed by atoms with van der Waals surface area (Å²) in [5.74, 6) is -2.99. The molecule has 7 amide bonds. The molecule has 38 heteroatoms. The second-order valence-electron chi connectivity index (χ2n) is 23.0. The van der Waals surface area contributed by atoms with E-state index in [9.17, 15) is 74.9 Å². The number of nitro benzene ring substituents is 1. The van der Waals surface area contributed by atoms with Crippen molar-refractivity contribution in [2.45, 2.75) is 169 Å². The number of nitrogens with zero attached hydrogens (tertiary/aromatic N) is 6. The molecule has 0 aromatic heterocycles. The molecule has 1 aromatic rings. The Labute approximate surface area is 531 Å². The number of hydrogen-bond acceptors (Lipinski definition) is 28. The van der Waals surface area contributed by atoms with E-state index in [0.717, 1.165) is 31.0 Å². The molecule has 0 saturated carbocycles. The van der Waals surface area contributed by atoms with Crippen LogP contribution in [0, 0.1) is 20.9 Å². The van der Waals surface area contributed by atoms with Crippen molar-refractivity contribution in [1.29, 1.82) is 0 Å². The van der Waals surface area contributed by atoms with Crippen molar-refractivity contribution < 1.29 is 120 Å². The molecule has 0 radical (unpaired) electrons. The molecule has 6 heterocycles. The van der Waals surface area contributed by atoms with Gasteiger partial charge < -0.3 is 63.8 Å². The summed E-state index contributed by atoms with van der Waals surface area (Å²) in [4.78, 5) is 135. The number of esters is 4. The highest BCUT2D eigenvalue weighted by atomic mass is 32.3. The lowest BCUT2D eigenvalue weighted by Gasteiger charge is -2.34. The normalized spacial score (nSPS) is 20.8. The van der Waals surface area contributed by atoms with E-state index in [-0.39, 0.29) is 62.2 Å². The van der Waals surface area contributed by atoms with E-state index in [1.165, 1.54) is 94.4 Å². The zero-order valence-electron chi connectivity index (χ0n) is 52.7. The predicted octanol–water partition coefficient (Wildman–Crippen LogP) is 2.59. The van der Waals surface area contributed by atoms with Crippen LogP contribution in [-0.2, 0) is 94.9 Å². The van der Waals surface area contributed by atoms with Crippen molar-refractivity contribution in [1.82, 2.24) is 40.8 Å². The van der Waals surface area contributed by atoms with Gasteiger partial charge >= 0.3 is 69.0 Å². The van der Waals surface area contributed by atoms with Crippen LogP contribution in [0.15, 0.2) is 24.3 Å². The van der Waals surface area contributed by atoms with Gasteiger partial charge in [-0.25, -0.2) is 27.5 Å². The highest BCUT2D eigenvalue weighted by Crippen LogP contribution is 2.34. The molecule has 7 rings (SSSR count). The van der Waals surface area contributed by atoms with E-state index in [2.05, 4.69) is 25.4 Å². The molecule has 3 N–H and O–H groups in total. The van der Waals surface area contributed by atoms with Crippen molar-refractivity contribution in [3.63, 3.8) is 0 Å². The van der Waals surface area contributed by atoms with Crippen molar-refractivity contribution in [2.24, 2.45) is 10.8 Å². The van der Waals surface area contributed by atoms with Crippen molar-refractivity contribution in [3.8, 4) is 5.75 Å². The quantitative estimate of drug-likeness (QED) is 0.0334. The lowest BCUT2D eigenvalue weighted by molar-refractivity contribution is -0.384. The van der Waals surface area contributed by atoms with Gasteiger partial charge in [-0.1, -0.05) is 0 Å². The lowest BCUT2D eigenvalue weighted by Crippen LogP contribution is -2.54. The van der Waals surface area contributed by atoms with E-state index >= 15 is 0 Å². The largest absolute Gasteiger partial charge is 0.516 e. The highest BCUT2D eigenvalue weighted by Gasteiger charge is 2.52. The first-order valence-electron chi connectivity index (χ1n) is 29.5. The second-order valence-corrected chi connectivity index (χ2v) is 25.4. The topological polar surface area (TPSA) is 436 Å². The SMILES string of the molecule is CC(=O)OC(C)OC(=O)Oc1ccc([N+](=O)[O-])cc1.CCOC(=O)C(C)(C)COS(=O)(=O)ON1C(=O)N2C[C@H]1CC[C@H]2C(=O)NC1CCN(C(=O)OC(C)OC(C)=O)CC1.CCOC(=O)C(C)(C)COS(=O)(=O)ON1C(=O)N2C[C@H]1CC[C@H]2C(=O)NC1CCNCC1. The third kappa shape index (κ3) is 22.2. The number of non-ortho nitro benzene ring substituents is 1. The molecular weight excluding hydrogens is 1270 g/mol. The first-order valence-corrected chi connectivity index (χ1v) is 32.2. The fourth-order valence-electron chi connectivity index (χ4n) is 9.85. The van der Waals surface area contributed by atoms with Gasteiger partial charge in [0.1, 0.15) is 17.8 Å². The predicted molar refractivity (Wildman–Crippen MR) is 310 cm³/mol. The number of carbonyl (C=O) groups excluding carboxylic acids is 10. The number of rotatable bonds is 24. The first kappa shape index (κ1) is 74.9. The minimum absolute atomic E-state index is 0.0584. The number of ether oxygens (including phenoxy) is 7. The van der Waals surface area contributed by atoms with Gasteiger partial charge in [0.2, 0.25) is 24.4 Å². The number of hydrogen-bond donors (Lipinski definition) is 3. The summed E-state index contributed by atoms with van der Waals surface area (Å²) in [6.07, 6.45) is 0.140. The zero-order chi connectivity index (χ0) is 68.5. The number of nitro groups is 1. The zero-order valence-corrected chi connectivity index (χ0v) is 54.3. The van der Waals surface area contributed by atoms with Crippen molar-refractivity contribution in [3.05, 3.63) is 34.4 Å². The third-order valence-corrected chi connectivity index (χ3v) is 16.1. The highest BCUT2D eigenvalue weighted by molar-refractivity contribution is 7.82. The number of benzene rings is 1. The van der Waals surface area contributed by atoms with Gasteiger partial charge in [0.05, 0.1) is 54.3 Å². The maximum atomic E-state index is 13.1. The number of fused-ring (bicyclic) bond motifs is 4. The number of carbonyl (C=O) groups is 10. The molecule has 0 spiro atoms. The summed E-state index contributed by atoms with van der Waals surface area (Å²) in [6.45, 7) is 16.0. The molecule has 6 fully saturated rings.